The normalized spacial score (nSPS) is 16.3. The Morgan fingerprint density at radius 2 is 1.72 bits per heavy atom. The molecule has 0 unspecified atom stereocenters. The second kappa shape index (κ2) is 9.08. The molecule has 0 aromatic heterocycles. The van der Waals surface area contributed by atoms with Gasteiger partial charge in [0.05, 0.1) is 11.3 Å². The summed E-state index contributed by atoms with van der Waals surface area (Å²) in [6.45, 7) is 0.495. The zero-order chi connectivity index (χ0) is 22.7. The van der Waals surface area contributed by atoms with Gasteiger partial charge in [-0.3, -0.25) is 9.59 Å². The van der Waals surface area contributed by atoms with E-state index in [4.69, 9.17) is 0 Å². The molecule has 164 valence electrons. The monoisotopic (exact) mass is 456 g/mol. The van der Waals surface area contributed by atoms with E-state index in [1.807, 2.05) is 30.3 Å². The van der Waals surface area contributed by atoms with Crippen molar-refractivity contribution in [3.05, 3.63) is 101 Å². The molecule has 1 aliphatic rings. The Morgan fingerprint density at radius 1 is 1.00 bits per heavy atom. The highest BCUT2D eigenvalue weighted by molar-refractivity contribution is 8.00. The van der Waals surface area contributed by atoms with Crippen LogP contribution in [0.3, 0.4) is 0 Å². The largest absolute Gasteiger partial charge is 0.416 e. The third-order valence-electron chi connectivity index (χ3n) is 5.07. The van der Waals surface area contributed by atoms with Crippen LogP contribution in [0.25, 0.3) is 0 Å². The maximum atomic E-state index is 12.9. The number of amides is 2. The summed E-state index contributed by atoms with van der Waals surface area (Å²) in [6, 6.07) is 21.0. The predicted molar refractivity (Wildman–Crippen MR) is 118 cm³/mol. The van der Waals surface area contributed by atoms with Crippen LogP contribution in [0.1, 0.15) is 32.4 Å². The van der Waals surface area contributed by atoms with Gasteiger partial charge in [-0.2, -0.15) is 13.2 Å². The molecule has 8 heteroatoms. The van der Waals surface area contributed by atoms with Gasteiger partial charge in [0.1, 0.15) is 5.37 Å². The Morgan fingerprint density at radius 3 is 2.41 bits per heavy atom. The Kier molecular flexibility index (Phi) is 6.23. The van der Waals surface area contributed by atoms with E-state index in [1.165, 1.54) is 23.9 Å². The van der Waals surface area contributed by atoms with Gasteiger partial charge < -0.3 is 10.2 Å². The summed E-state index contributed by atoms with van der Waals surface area (Å²) in [6.07, 6.45) is -4.48. The smallest absolute Gasteiger partial charge is 0.322 e. The van der Waals surface area contributed by atoms with E-state index in [2.05, 4.69) is 5.32 Å². The summed E-state index contributed by atoms with van der Waals surface area (Å²) in [5, 5.41) is 2.34. The van der Waals surface area contributed by atoms with Gasteiger partial charge in [0.15, 0.2) is 0 Å². The van der Waals surface area contributed by atoms with Crippen LogP contribution in [0, 0.1) is 0 Å². The number of rotatable bonds is 5. The number of thioether (sulfide) groups is 1. The number of anilines is 1. The molecule has 0 saturated carbocycles. The first-order chi connectivity index (χ1) is 15.3. The lowest BCUT2D eigenvalue weighted by Crippen LogP contribution is -2.27. The maximum Gasteiger partial charge on any atom is 0.416 e. The van der Waals surface area contributed by atoms with Crippen molar-refractivity contribution >= 4 is 29.3 Å². The van der Waals surface area contributed by atoms with Crippen LogP contribution >= 0.6 is 11.8 Å². The molecule has 1 saturated heterocycles. The van der Waals surface area contributed by atoms with Crippen LogP contribution in [0.2, 0.25) is 0 Å². The van der Waals surface area contributed by atoms with E-state index < -0.39 is 17.6 Å². The number of benzene rings is 3. The zero-order valence-corrected chi connectivity index (χ0v) is 17.6. The first kappa shape index (κ1) is 22.0. The first-order valence-corrected chi connectivity index (χ1v) is 10.9. The van der Waals surface area contributed by atoms with E-state index in [0.717, 1.165) is 23.3 Å². The Bertz CT molecular complexity index is 1120. The summed E-state index contributed by atoms with van der Waals surface area (Å²) in [5.41, 5.74) is 1.47. The van der Waals surface area contributed by atoms with Gasteiger partial charge in [0.25, 0.3) is 5.91 Å². The quantitative estimate of drug-likeness (QED) is 0.533. The summed E-state index contributed by atoms with van der Waals surface area (Å²) < 4.78 is 38.6. The van der Waals surface area contributed by atoms with Crippen molar-refractivity contribution < 1.29 is 22.8 Å². The molecule has 0 spiro atoms. The van der Waals surface area contributed by atoms with Gasteiger partial charge in [-0.05, 0) is 41.5 Å². The van der Waals surface area contributed by atoms with Crippen LogP contribution in [0.4, 0.5) is 18.9 Å². The highest BCUT2D eigenvalue weighted by Crippen LogP contribution is 2.39. The van der Waals surface area contributed by atoms with Gasteiger partial charge in [0, 0.05) is 17.8 Å². The van der Waals surface area contributed by atoms with Gasteiger partial charge >= 0.3 is 6.18 Å². The van der Waals surface area contributed by atoms with Crippen molar-refractivity contribution in [1.29, 1.82) is 0 Å². The average molecular weight is 456 g/mol. The molecule has 0 radical (unpaired) electrons. The molecular weight excluding hydrogens is 437 g/mol. The number of nitrogens with zero attached hydrogens (tertiary/aromatic N) is 1. The molecule has 1 fully saturated rings. The second-order valence-corrected chi connectivity index (χ2v) is 8.39. The minimum atomic E-state index is -4.48. The molecule has 1 atom stereocenters. The summed E-state index contributed by atoms with van der Waals surface area (Å²) >= 11 is 1.52. The number of nitrogens with one attached hydrogen (secondary N) is 1. The molecule has 32 heavy (non-hydrogen) atoms. The standard InChI is InChI=1S/C24H19F3N2O2S/c25-24(26,27)19-7-4-8-20(13-19)28-22(31)17-9-11-18(12-10-17)23-29(21(30)15-32-23)14-16-5-2-1-3-6-16/h1-13,23H,14-15H2,(H,28,31)/t23-/m0/s1. The van der Waals surface area contributed by atoms with Gasteiger partial charge in [-0.25, -0.2) is 0 Å². The lowest BCUT2D eigenvalue weighted by molar-refractivity contribution is -0.137. The van der Waals surface area contributed by atoms with Crippen molar-refractivity contribution in [3.8, 4) is 0 Å². The van der Waals surface area contributed by atoms with Gasteiger partial charge in [0.2, 0.25) is 5.91 Å². The SMILES string of the molecule is O=C(Nc1cccc(C(F)(F)F)c1)c1ccc([C@@H]2SCC(=O)N2Cc2ccccc2)cc1. The van der Waals surface area contributed by atoms with Crippen molar-refractivity contribution in [3.63, 3.8) is 0 Å². The molecule has 4 rings (SSSR count). The highest BCUT2D eigenvalue weighted by atomic mass is 32.2. The van der Waals surface area contributed by atoms with E-state index >= 15 is 0 Å². The molecule has 4 nitrogen and oxygen atoms in total. The lowest BCUT2D eigenvalue weighted by Gasteiger charge is -2.24. The van der Waals surface area contributed by atoms with Gasteiger partial charge in [-0.1, -0.05) is 48.5 Å². The number of alkyl halides is 3. The van der Waals surface area contributed by atoms with E-state index in [9.17, 15) is 22.8 Å². The molecular formula is C24H19F3N2O2S. The number of hydrogen-bond acceptors (Lipinski definition) is 3. The van der Waals surface area contributed by atoms with Crippen LogP contribution in [0.15, 0.2) is 78.9 Å². The van der Waals surface area contributed by atoms with Crippen molar-refractivity contribution in [2.24, 2.45) is 0 Å². The highest BCUT2D eigenvalue weighted by Gasteiger charge is 2.33. The summed E-state index contributed by atoms with van der Waals surface area (Å²) in [4.78, 5) is 26.7. The molecule has 0 aliphatic carbocycles. The van der Waals surface area contributed by atoms with E-state index in [1.54, 1.807) is 29.2 Å². The predicted octanol–water partition coefficient (Wildman–Crippen LogP) is 5.73. The van der Waals surface area contributed by atoms with Crippen molar-refractivity contribution in [1.82, 2.24) is 4.90 Å². The molecule has 1 N–H and O–H groups in total. The van der Waals surface area contributed by atoms with Crippen molar-refractivity contribution in [2.45, 2.75) is 18.1 Å². The molecule has 3 aromatic carbocycles. The molecule has 1 heterocycles. The Hall–Kier alpha value is -3.26. The minimum Gasteiger partial charge on any atom is -0.322 e. The van der Waals surface area contributed by atoms with E-state index in [-0.39, 0.29) is 17.0 Å². The number of carbonyl (C=O) groups is 2. The van der Waals surface area contributed by atoms with Crippen LogP contribution in [0.5, 0.6) is 0 Å². The Balaban J connectivity index is 1.46. The van der Waals surface area contributed by atoms with Gasteiger partial charge in [-0.15, -0.1) is 11.8 Å². The van der Waals surface area contributed by atoms with Crippen LogP contribution in [-0.2, 0) is 17.5 Å². The lowest BCUT2D eigenvalue weighted by atomic mass is 10.1. The molecule has 2 amide bonds. The van der Waals surface area contributed by atoms with Crippen molar-refractivity contribution in [2.75, 3.05) is 11.1 Å². The van der Waals surface area contributed by atoms with Crippen LogP contribution in [-0.4, -0.2) is 22.5 Å². The molecule has 0 bridgehead atoms. The third kappa shape index (κ3) is 4.96. The van der Waals surface area contributed by atoms with E-state index in [0.29, 0.717) is 17.9 Å². The number of hydrogen-bond donors (Lipinski definition) is 1. The third-order valence-corrected chi connectivity index (χ3v) is 6.33. The molecule has 3 aromatic rings. The number of halogens is 3. The first-order valence-electron chi connectivity index (χ1n) is 9.85. The summed E-state index contributed by atoms with van der Waals surface area (Å²) in [7, 11) is 0. The number of carbonyl (C=O) groups excluding carboxylic acids is 2. The summed E-state index contributed by atoms with van der Waals surface area (Å²) in [5.74, 6) is -0.0719. The average Bonchev–Trinajstić information content (AvgIpc) is 3.14. The fourth-order valence-electron chi connectivity index (χ4n) is 3.46. The maximum absolute atomic E-state index is 12.9. The molecule has 1 aliphatic heterocycles. The minimum absolute atomic E-state index is 0.0511. The zero-order valence-electron chi connectivity index (χ0n) is 16.8. The second-order valence-electron chi connectivity index (χ2n) is 7.33. The fraction of sp³-hybridized carbons (Fsp3) is 0.167. The fourth-order valence-corrected chi connectivity index (χ4v) is 4.64. The topological polar surface area (TPSA) is 49.4 Å². The van der Waals surface area contributed by atoms with Crippen LogP contribution < -0.4 is 5.32 Å². The Labute approximate surface area is 187 Å².